The highest BCUT2D eigenvalue weighted by Crippen LogP contribution is 2.50. The summed E-state index contributed by atoms with van der Waals surface area (Å²) in [6, 6.07) is 5.75. The molecule has 0 saturated heterocycles. The van der Waals surface area contributed by atoms with E-state index < -0.39 is 5.41 Å². The van der Waals surface area contributed by atoms with E-state index in [1.165, 1.54) is 0 Å². The molecule has 26 heavy (non-hydrogen) atoms. The van der Waals surface area contributed by atoms with Gasteiger partial charge in [-0.1, -0.05) is 18.7 Å². The summed E-state index contributed by atoms with van der Waals surface area (Å²) in [4.78, 5) is 13.0. The molecule has 4 rings (SSSR count). The van der Waals surface area contributed by atoms with Crippen molar-refractivity contribution in [1.29, 1.82) is 0 Å². The van der Waals surface area contributed by atoms with Crippen molar-refractivity contribution in [1.82, 2.24) is 10.6 Å². The van der Waals surface area contributed by atoms with Crippen LogP contribution < -0.4 is 20.1 Å². The Kier molecular flexibility index (Phi) is 4.36. The number of allylic oxidation sites excluding steroid dienone is 3. The van der Waals surface area contributed by atoms with Crippen molar-refractivity contribution >= 4 is 21.8 Å². The maximum Gasteiger partial charge on any atom is 0.235 e. The first kappa shape index (κ1) is 17.0. The molecule has 134 valence electrons. The summed E-state index contributed by atoms with van der Waals surface area (Å²) in [6.07, 6.45) is 8.97. The quantitative estimate of drug-likeness (QED) is 0.724. The van der Waals surface area contributed by atoms with Crippen molar-refractivity contribution in [3.05, 3.63) is 70.5 Å². The molecule has 0 atom stereocenters. The molecule has 2 aliphatic heterocycles. The summed E-state index contributed by atoms with van der Waals surface area (Å²) < 4.78 is 11.8. The van der Waals surface area contributed by atoms with Gasteiger partial charge in [0.1, 0.15) is 0 Å². The third-order valence-corrected chi connectivity index (χ3v) is 5.56. The van der Waals surface area contributed by atoms with Gasteiger partial charge < -0.3 is 20.1 Å². The van der Waals surface area contributed by atoms with Crippen molar-refractivity contribution in [2.75, 3.05) is 13.3 Å². The van der Waals surface area contributed by atoms with E-state index in [0.717, 1.165) is 46.5 Å². The van der Waals surface area contributed by atoms with E-state index in [4.69, 9.17) is 9.47 Å². The van der Waals surface area contributed by atoms with Crippen LogP contribution in [0.3, 0.4) is 0 Å². The Hall–Kier alpha value is -2.47. The van der Waals surface area contributed by atoms with Crippen LogP contribution in [0.1, 0.15) is 18.4 Å². The predicted molar refractivity (Wildman–Crippen MR) is 103 cm³/mol. The number of hydrogen-bond acceptors (Lipinski definition) is 4. The number of hydrogen-bond donors (Lipinski definition) is 2. The fourth-order valence-corrected chi connectivity index (χ4v) is 3.62. The molecule has 0 spiro atoms. The number of carbonyl (C=O) groups excluding carboxylic acids is 1. The standard InChI is InChI=1S/C20H19BrN2O3/c1-2-3-15(8-13-10-22-11-16(13)21)23-19(24)20(6-7-20)14-4-5-17-18(9-14)26-12-25-17/h2-5,8-9,11,22H,1,6-7,10,12H2,(H,23,24)/b13-8+,15-3+. The molecule has 3 aliphatic rings. The molecule has 1 aromatic carbocycles. The average molecular weight is 415 g/mol. The lowest BCUT2D eigenvalue weighted by Gasteiger charge is -2.17. The van der Waals surface area contributed by atoms with Crippen LogP contribution in [0.5, 0.6) is 11.5 Å². The minimum atomic E-state index is -0.499. The average Bonchev–Trinajstić information content (AvgIpc) is 3.15. The molecule has 1 saturated carbocycles. The van der Waals surface area contributed by atoms with Gasteiger partial charge in [0.25, 0.3) is 0 Å². The summed E-state index contributed by atoms with van der Waals surface area (Å²) in [5, 5.41) is 6.21. The molecule has 0 radical (unpaired) electrons. The molecular weight excluding hydrogens is 396 g/mol. The normalized spacial score (nSPS) is 21.2. The lowest BCUT2D eigenvalue weighted by atomic mass is 9.94. The van der Waals surface area contributed by atoms with Crippen LogP contribution in [0.2, 0.25) is 0 Å². The Morgan fingerprint density at radius 1 is 1.31 bits per heavy atom. The molecule has 1 aliphatic carbocycles. The summed E-state index contributed by atoms with van der Waals surface area (Å²) in [7, 11) is 0. The van der Waals surface area contributed by atoms with Crippen LogP contribution in [0, 0.1) is 0 Å². The van der Waals surface area contributed by atoms with Crippen molar-refractivity contribution in [3.8, 4) is 11.5 Å². The smallest absolute Gasteiger partial charge is 0.235 e. The number of carbonyl (C=O) groups is 1. The number of rotatable bonds is 5. The van der Waals surface area contributed by atoms with Gasteiger partial charge in [0.15, 0.2) is 11.5 Å². The Labute approximate surface area is 160 Å². The van der Waals surface area contributed by atoms with Crippen LogP contribution in [-0.4, -0.2) is 19.2 Å². The van der Waals surface area contributed by atoms with Crippen molar-refractivity contribution in [2.24, 2.45) is 0 Å². The van der Waals surface area contributed by atoms with Gasteiger partial charge in [0.2, 0.25) is 12.7 Å². The molecule has 5 nitrogen and oxygen atoms in total. The maximum absolute atomic E-state index is 13.0. The van der Waals surface area contributed by atoms with Crippen molar-refractivity contribution in [3.63, 3.8) is 0 Å². The molecule has 1 amide bonds. The van der Waals surface area contributed by atoms with Gasteiger partial charge in [-0.15, -0.1) is 0 Å². The van der Waals surface area contributed by atoms with Crippen molar-refractivity contribution in [2.45, 2.75) is 18.3 Å². The molecule has 0 bridgehead atoms. The summed E-state index contributed by atoms with van der Waals surface area (Å²) in [5.74, 6) is 1.43. The highest BCUT2D eigenvalue weighted by atomic mass is 79.9. The van der Waals surface area contributed by atoms with Crippen LogP contribution in [0.15, 0.2) is 65.0 Å². The zero-order chi connectivity index (χ0) is 18.1. The number of amides is 1. The second-order valence-corrected chi connectivity index (χ2v) is 7.36. The van der Waals surface area contributed by atoms with Crippen LogP contribution in [0.25, 0.3) is 0 Å². The van der Waals surface area contributed by atoms with E-state index in [1.807, 2.05) is 30.5 Å². The molecular formula is C20H19BrN2O3. The van der Waals surface area contributed by atoms with Gasteiger partial charge in [0.05, 0.1) is 5.41 Å². The maximum atomic E-state index is 13.0. The molecule has 2 N–H and O–H groups in total. The molecule has 0 unspecified atom stereocenters. The van der Waals surface area contributed by atoms with Gasteiger partial charge in [-0.3, -0.25) is 4.79 Å². The van der Waals surface area contributed by atoms with E-state index in [1.54, 1.807) is 12.2 Å². The Balaban J connectivity index is 1.55. The topological polar surface area (TPSA) is 59.6 Å². The Morgan fingerprint density at radius 2 is 2.12 bits per heavy atom. The number of fused-ring (bicyclic) bond motifs is 1. The number of benzene rings is 1. The fraction of sp³-hybridized carbons (Fsp3) is 0.250. The number of nitrogens with one attached hydrogen (secondary N) is 2. The van der Waals surface area contributed by atoms with Gasteiger partial charge in [-0.2, -0.15) is 0 Å². The second-order valence-electron chi connectivity index (χ2n) is 6.50. The van der Waals surface area contributed by atoms with Gasteiger partial charge in [0, 0.05) is 22.9 Å². The number of ether oxygens (including phenoxy) is 2. The molecule has 0 aromatic heterocycles. The first-order chi connectivity index (χ1) is 12.6. The second kappa shape index (κ2) is 6.68. The summed E-state index contributed by atoms with van der Waals surface area (Å²) in [6.45, 7) is 4.70. The number of halogens is 1. The molecule has 6 heteroatoms. The molecule has 1 fully saturated rings. The van der Waals surface area contributed by atoms with Gasteiger partial charge in [-0.25, -0.2) is 0 Å². The third kappa shape index (κ3) is 3.05. The minimum absolute atomic E-state index is 0.00706. The van der Waals surface area contributed by atoms with E-state index in [-0.39, 0.29) is 12.7 Å². The van der Waals surface area contributed by atoms with E-state index in [2.05, 4.69) is 33.1 Å². The Bertz CT molecular complexity index is 866. The summed E-state index contributed by atoms with van der Waals surface area (Å²) in [5.41, 5.74) is 2.27. The van der Waals surface area contributed by atoms with Crippen LogP contribution in [-0.2, 0) is 10.2 Å². The third-order valence-electron chi connectivity index (χ3n) is 4.82. The highest BCUT2D eigenvalue weighted by Gasteiger charge is 2.51. The summed E-state index contributed by atoms with van der Waals surface area (Å²) >= 11 is 3.51. The van der Waals surface area contributed by atoms with Crippen LogP contribution >= 0.6 is 15.9 Å². The fourth-order valence-electron chi connectivity index (χ4n) is 3.21. The zero-order valence-corrected chi connectivity index (χ0v) is 15.8. The van der Waals surface area contributed by atoms with E-state index in [9.17, 15) is 4.79 Å². The monoisotopic (exact) mass is 414 g/mol. The lowest BCUT2D eigenvalue weighted by Crippen LogP contribution is -2.34. The zero-order valence-electron chi connectivity index (χ0n) is 14.2. The van der Waals surface area contributed by atoms with Gasteiger partial charge in [-0.05, 0) is 64.2 Å². The minimum Gasteiger partial charge on any atom is -0.454 e. The van der Waals surface area contributed by atoms with Gasteiger partial charge >= 0.3 is 0 Å². The Morgan fingerprint density at radius 3 is 2.81 bits per heavy atom. The lowest BCUT2D eigenvalue weighted by molar-refractivity contribution is -0.122. The molecule has 1 aromatic rings. The predicted octanol–water partition coefficient (Wildman–Crippen LogP) is 3.40. The first-order valence-corrected chi connectivity index (χ1v) is 9.26. The van der Waals surface area contributed by atoms with Crippen molar-refractivity contribution < 1.29 is 14.3 Å². The largest absolute Gasteiger partial charge is 0.454 e. The van der Waals surface area contributed by atoms with E-state index in [0.29, 0.717) is 5.75 Å². The SMILES string of the molecule is C=C/C=C(\C=C1/CNC=C1Br)NC(=O)C1(c2ccc3c(c2)OCO3)CC1. The molecule has 2 heterocycles. The highest BCUT2D eigenvalue weighted by molar-refractivity contribution is 9.12. The van der Waals surface area contributed by atoms with Crippen LogP contribution in [0.4, 0.5) is 0 Å². The van der Waals surface area contributed by atoms with E-state index >= 15 is 0 Å². The first-order valence-electron chi connectivity index (χ1n) is 8.47.